The number of hydrogen-bond donors (Lipinski definition) is 0. The molecule has 3 unspecified atom stereocenters. The van der Waals surface area contributed by atoms with E-state index in [-0.39, 0.29) is 12.0 Å². The number of ether oxygens (including phenoxy) is 2. The zero-order valence-corrected chi connectivity index (χ0v) is 9.72. The summed E-state index contributed by atoms with van der Waals surface area (Å²) in [6, 6.07) is 0.924. The number of piperidine rings is 3. The molecule has 0 aromatic rings. The Morgan fingerprint density at radius 1 is 1.38 bits per heavy atom. The van der Waals surface area contributed by atoms with Gasteiger partial charge in [0.05, 0.1) is 25.9 Å². The second kappa shape index (κ2) is 4.09. The van der Waals surface area contributed by atoms with Gasteiger partial charge in [-0.05, 0) is 19.8 Å². The topological polar surface area (TPSA) is 38.8 Å². The normalized spacial score (nSPS) is 46.1. The molecule has 4 saturated heterocycles. The van der Waals surface area contributed by atoms with Crippen molar-refractivity contribution in [3.8, 4) is 0 Å². The number of hydrogen-bond acceptors (Lipinski definition) is 4. The minimum Gasteiger partial charge on any atom is -0.380 e. The summed E-state index contributed by atoms with van der Waals surface area (Å²) in [6.07, 6.45) is 2.00. The molecule has 0 spiro atoms. The summed E-state index contributed by atoms with van der Waals surface area (Å²) in [7, 11) is 0. The molecule has 4 aliphatic rings. The van der Waals surface area contributed by atoms with Crippen LogP contribution < -0.4 is 0 Å². The molecule has 4 rings (SSSR count). The largest absolute Gasteiger partial charge is 0.380 e. The van der Waals surface area contributed by atoms with Gasteiger partial charge in [-0.2, -0.15) is 0 Å². The van der Waals surface area contributed by atoms with E-state index in [1.165, 1.54) is 0 Å². The third-order valence-electron chi connectivity index (χ3n) is 4.15. The van der Waals surface area contributed by atoms with Crippen LogP contribution in [0.4, 0.5) is 0 Å². The summed E-state index contributed by atoms with van der Waals surface area (Å²) in [5.74, 6) is 0.678. The smallest absolute Gasteiger partial charge is 0.155 e. The Balaban J connectivity index is 1.80. The first-order valence-corrected chi connectivity index (χ1v) is 6.28. The number of carbonyl (C=O) groups excluding carboxylic acids is 1. The summed E-state index contributed by atoms with van der Waals surface area (Å²) in [6.45, 7) is 4.82. The summed E-state index contributed by atoms with van der Waals surface area (Å²) >= 11 is 0. The second-order valence-electron chi connectivity index (χ2n) is 5.04. The number of fused-ring (bicyclic) bond motifs is 1. The standard InChI is InChI=1S/C12H19NO3/c1-2-15-7-11-12(14)8-3-9-5-16-6-10(4-8)13(9)11/h8-11H,2-7H2,1H3. The van der Waals surface area contributed by atoms with Crippen LogP contribution in [0.15, 0.2) is 0 Å². The fraction of sp³-hybridized carbons (Fsp3) is 0.917. The van der Waals surface area contributed by atoms with E-state index in [9.17, 15) is 4.79 Å². The number of morpholine rings is 1. The van der Waals surface area contributed by atoms with Crippen LogP contribution in [0.3, 0.4) is 0 Å². The lowest BCUT2D eigenvalue weighted by Gasteiger charge is -2.56. The predicted octanol–water partition coefficient (Wildman–Crippen LogP) is 0.454. The van der Waals surface area contributed by atoms with Crippen LogP contribution >= 0.6 is 0 Å². The highest BCUT2D eigenvalue weighted by Crippen LogP contribution is 2.40. The van der Waals surface area contributed by atoms with Gasteiger partial charge >= 0.3 is 0 Å². The minimum atomic E-state index is 0.00588. The van der Waals surface area contributed by atoms with E-state index in [1.54, 1.807) is 0 Å². The van der Waals surface area contributed by atoms with E-state index in [0.29, 0.717) is 31.1 Å². The summed E-state index contributed by atoms with van der Waals surface area (Å²) in [5.41, 5.74) is 0. The zero-order chi connectivity index (χ0) is 11.1. The van der Waals surface area contributed by atoms with Gasteiger partial charge in [-0.15, -0.1) is 0 Å². The van der Waals surface area contributed by atoms with Gasteiger partial charge in [0.1, 0.15) is 0 Å². The Morgan fingerprint density at radius 2 is 2.06 bits per heavy atom. The van der Waals surface area contributed by atoms with Crippen LogP contribution in [0.1, 0.15) is 19.8 Å². The SMILES string of the molecule is CCOCC1C(=O)C2CC3COCC(C2)N31. The van der Waals surface area contributed by atoms with Crippen molar-refractivity contribution in [2.45, 2.75) is 37.9 Å². The van der Waals surface area contributed by atoms with Gasteiger partial charge in [0.25, 0.3) is 0 Å². The van der Waals surface area contributed by atoms with E-state index in [0.717, 1.165) is 26.1 Å². The van der Waals surface area contributed by atoms with Crippen LogP contribution in [0.5, 0.6) is 0 Å². The van der Waals surface area contributed by atoms with Gasteiger partial charge in [0.15, 0.2) is 5.78 Å². The molecular weight excluding hydrogens is 206 g/mol. The Hall–Kier alpha value is -0.450. The lowest BCUT2D eigenvalue weighted by molar-refractivity contribution is -0.172. The van der Waals surface area contributed by atoms with E-state index in [1.807, 2.05) is 6.92 Å². The molecule has 0 aromatic carbocycles. The fourth-order valence-electron chi connectivity index (χ4n) is 3.50. The van der Waals surface area contributed by atoms with Crippen molar-refractivity contribution >= 4 is 5.78 Å². The number of Topliss-reactive ketones (excluding diaryl/α,β-unsaturated/α-hetero) is 1. The quantitative estimate of drug-likeness (QED) is 0.699. The van der Waals surface area contributed by atoms with Crippen molar-refractivity contribution in [2.75, 3.05) is 26.4 Å². The molecule has 4 aliphatic heterocycles. The van der Waals surface area contributed by atoms with Gasteiger partial charge in [0.2, 0.25) is 0 Å². The van der Waals surface area contributed by atoms with Crippen molar-refractivity contribution in [1.29, 1.82) is 0 Å². The maximum atomic E-state index is 12.2. The van der Waals surface area contributed by atoms with Crippen molar-refractivity contribution in [3.63, 3.8) is 0 Å². The molecule has 0 radical (unpaired) electrons. The number of nitrogens with zero attached hydrogens (tertiary/aromatic N) is 1. The Bertz CT molecular complexity index is 280. The summed E-state index contributed by atoms with van der Waals surface area (Å²) in [4.78, 5) is 14.5. The molecule has 90 valence electrons. The van der Waals surface area contributed by atoms with Crippen LogP contribution in [-0.4, -0.2) is 55.2 Å². The van der Waals surface area contributed by atoms with E-state index in [4.69, 9.17) is 9.47 Å². The molecule has 4 heteroatoms. The van der Waals surface area contributed by atoms with E-state index < -0.39 is 0 Å². The van der Waals surface area contributed by atoms with Gasteiger partial charge in [0, 0.05) is 24.6 Å². The Kier molecular flexibility index (Phi) is 2.73. The van der Waals surface area contributed by atoms with Crippen molar-refractivity contribution in [3.05, 3.63) is 0 Å². The van der Waals surface area contributed by atoms with Crippen LogP contribution in [-0.2, 0) is 14.3 Å². The molecule has 0 amide bonds. The first-order chi connectivity index (χ1) is 7.81. The molecule has 4 nitrogen and oxygen atoms in total. The molecule has 0 N–H and O–H groups in total. The van der Waals surface area contributed by atoms with Crippen molar-refractivity contribution in [2.24, 2.45) is 5.92 Å². The molecular formula is C12H19NO3. The third-order valence-corrected chi connectivity index (χ3v) is 4.15. The predicted molar refractivity (Wildman–Crippen MR) is 58.2 cm³/mol. The highest BCUT2D eigenvalue weighted by Gasteiger charge is 2.52. The zero-order valence-electron chi connectivity index (χ0n) is 9.72. The van der Waals surface area contributed by atoms with Gasteiger partial charge in [-0.25, -0.2) is 0 Å². The molecule has 4 fully saturated rings. The van der Waals surface area contributed by atoms with Gasteiger partial charge in [-0.1, -0.05) is 0 Å². The van der Waals surface area contributed by atoms with Crippen LogP contribution in [0.25, 0.3) is 0 Å². The Morgan fingerprint density at radius 3 is 2.69 bits per heavy atom. The number of carbonyl (C=O) groups is 1. The van der Waals surface area contributed by atoms with E-state index >= 15 is 0 Å². The maximum Gasteiger partial charge on any atom is 0.155 e. The molecule has 0 aliphatic carbocycles. The van der Waals surface area contributed by atoms with Gasteiger partial charge < -0.3 is 9.47 Å². The van der Waals surface area contributed by atoms with E-state index in [2.05, 4.69) is 4.90 Å². The number of rotatable bonds is 3. The highest BCUT2D eigenvalue weighted by atomic mass is 16.5. The molecule has 0 aromatic heterocycles. The van der Waals surface area contributed by atoms with Crippen molar-refractivity contribution < 1.29 is 14.3 Å². The summed E-state index contributed by atoms with van der Waals surface area (Å²) < 4.78 is 11.0. The van der Waals surface area contributed by atoms with Crippen LogP contribution in [0.2, 0.25) is 0 Å². The first kappa shape index (κ1) is 10.7. The first-order valence-electron chi connectivity index (χ1n) is 6.28. The maximum absolute atomic E-state index is 12.2. The molecule has 16 heavy (non-hydrogen) atoms. The average molecular weight is 225 g/mol. The average Bonchev–Trinajstić information content (AvgIpc) is 2.28. The highest BCUT2D eigenvalue weighted by molar-refractivity contribution is 5.88. The minimum absolute atomic E-state index is 0.00588. The molecule has 4 heterocycles. The lowest BCUT2D eigenvalue weighted by Crippen LogP contribution is -2.69. The monoisotopic (exact) mass is 225 g/mol. The molecule has 4 bridgehead atoms. The summed E-state index contributed by atoms with van der Waals surface area (Å²) in [5, 5.41) is 0. The fourth-order valence-corrected chi connectivity index (χ4v) is 3.50. The lowest BCUT2D eigenvalue weighted by atomic mass is 9.74. The second-order valence-corrected chi connectivity index (χ2v) is 5.04. The molecule has 3 atom stereocenters. The molecule has 0 saturated carbocycles. The van der Waals surface area contributed by atoms with Crippen molar-refractivity contribution in [1.82, 2.24) is 4.90 Å². The third kappa shape index (κ3) is 1.51. The van der Waals surface area contributed by atoms with Crippen LogP contribution in [0, 0.1) is 5.92 Å². The Labute approximate surface area is 95.9 Å². The number of ketones is 1. The van der Waals surface area contributed by atoms with Gasteiger partial charge in [-0.3, -0.25) is 9.69 Å².